The number of aryl methyl sites for hydroxylation is 1. The lowest BCUT2D eigenvalue weighted by Gasteiger charge is -2.08. The van der Waals surface area contributed by atoms with E-state index < -0.39 is 0 Å². The molecule has 0 aliphatic heterocycles. The fourth-order valence-corrected chi connectivity index (χ4v) is 1.69. The molecule has 0 spiro atoms. The van der Waals surface area contributed by atoms with Gasteiger partial charge in [0.2, 0.25) is 0 Å². The Morgan fingerprint density at radius 3 is 3.07 bits per heavy atom. The van der Waals surface area contributed by atoms with Crippen molar-refractivity contribution in [1.82, 2.24) is 9.88 Å². The minimum absolute atomic E-state index is 0.810. The van der Waals surface area contributed by atoms with Crippen LogP contribution in [0.25, 0.3) is 0 Å². The van der Waals surface area contributed by atoms with Crippen LogP contribution in [-0.2, 0) is 13.1 Å². The number of hydrogen-bond acceptors (Lipinski definition) is 1. The fraction of sp³-hybridized carbons (Fsp3) is 0.667. The number of hydrogen-bond donors (Lipinski definition) is 1. The third-order valence-electron chi connectivity index (χ3n) is 2.83. The monoisotopic (exact) mass is 192 g/mol. The first kappa shape index (κ1) is 9.78. The van der Waals surface area contributed by atoms with Crippen LogP contribution in [0, 0.1) is 0 Å². The summed E-state index contributed by atoms with van der Waals surface area (Å²) < 4.78 is 2.37. The molecule has 2 nitrogen and oxygen atoms in total. The molecule has 0 amide bonds. The van der Waals surface area contributed by atoms with E-state index in [-0.39, 0.29) is 0 Å². The van der Waals surface area contributed by atoms with Gasteiger partial charge in [0.1, 0.15) is 0 Å². The van der Waals surface area contributed by atoms with Gasteiger partial charge >= 0.3 is 0 Å². The third kappa shape index (κ3) is 2.61. The molecule has 0 atom stereocenters. The first-order chi connectivity index (χ1) is 6.90. The minimum Gasteiger partial charge on any atom is -0.350 e. The van der Waals surface area contributed by atoms with Gasteiger partial charge in [-0.15, -0.1) is 0 Å². The van der Waals surface area contributed by atoms with Crippen molar-refractivity contribution in [3.8, 4) is 0 Å². The molecule has 1 aliphatic carbocycles. The molecule has 0 radical (unpaired) electrons. The van der Waals surface area contributed by atoms with Crippen LogP contribution in [-0.4, -0.2) is 10.6 Å². The molecule has 0 unspecified atom stereocenters. The molecule has 78 valence electrons. The highest BCUT2D eigenvalue weighted by molar-refractivity contribution is 5.07. The van der Waals surface area contributed by atoms with E-state index in [1.807, 2.05) is 0 Å². The summed E-state index contributed by atoms with van der Waals surface area (Å²) in [5.74, 6) is 0. The summed E-state index contributed by atoms with van der Waals surface area (Å²) in [6.07, 6.45) is 7.49. The van der Waals surface area contributed by atoms with Crippen LogP contribution >= 0.6 is 0 Å². The second kappa shape index (κ2) is 4.65. The van der Waals surface area contributed by atoms with Gasteiger partial charge in [0, 0.05) is 31.0 Å². The van der Waals surface area contributed by atoms with Crippen molar-refractivity contribution in [3.05, 3.63) is 24.0 Å². The molecule has 1 fully saturated rings. The molecule has 1 aliphatic rings. The molecule has 0 saturated heterocycles. The second-order valence-corrected chi connectivity index (χ2v) is 4.20. The standard InChI is InChI=1S/C12H20N2/c1-2-3-8-14-9-4-5-12(14)10-13-11-6-7-11/h4-5,9,11,13H,2-3,6-8,10H2,1H3. The van der Waals surface area contributed by atoms with Crippen LogP contribution < -0.4 is 5.32 Å². The maximum Gasteiger partial charge on any atom is 0.0361 e. The van der Waals surface area contributed by atoms with Crippen molar-refractivity contribution >= 4 is 0 Å². The van der Waals surface area contributed by atoms with Crippen LogP contribution in [0.4, 0.5) is 0 Å². The summed E-state index contributed by atoms with van der Waals surface area (Å²) in [5.41, 5.74) is 1.44. The van der Waals surface area contributed by atoms with Gasteiger partial charge in [0.05, 0.1) is 0 Å². The van der Waals surface area contributed by atoms with E-state index >= 15 is 0 Å². The van der Waals surface area contributed by atoms with Crippen LogP contribution in [0.2, 0.25) is 0 Å². The molecular formula is C12H20N2. The van der Waals surface area contributed by atoms with Gasteiger partial charge < -0.3 is 9.88 Å². The molecule has 1 aromatic rings. The SMILES string of the molecule is CCCCn1cccc1CNC1CC1. The number of nitrogens with zero attached hydrogens (tertiary/aromatic N) is 1. The van der Waals surface area contributed by atoms with E-state index in [2.05, 4.69) is 35.1 Å². The van der Waals surface area contributed by atoms with E-state index in [4.69, 9.17) is 0 Å². The van der Waals surface area contributed by atoms with Crippen LogP contribution in [0.1, 0.15) is 38.3 Å². The van der Waals surface area contributed by atoms with Gasteiger partial charge in [-0.05, 0) is 31.4 Å². The third-order valence-corrected chi connectivity index (χ3v) is 2.83. The van der Waals surface area contributed by atoms with E-state index in [1.54, 1.807) is 0 Å². The molecular weight excluding hydrogens is 172 g/mol. The normalized spacial score (nSPS) is 16.1. The highest BCUT2D eigenvalue weighted by atomic mass is 15.0. The fourth-order valence-electron chi connectivity index (χ4n) is 1.69. The Hall–Kier alpha value is -0.760. The van der Waals surface area contributed by atoms with E-state index in [0.29, 0.717) is 0 Å². The summed E-state index contributed by atoms with van der Waals surface area (Å²) >= 11 is 0. The highest BCUT2D eigenvalue weighted by Crippen LogP contribution is 2.19. The quantitative estimate of drug-likeness (QED) is 0.733. The molecule has 1 heterocycles. The van der Waals surface area contributed by atoms with Crippen molar-refractivity contribution < 1.29 is 0 Å². The Labute approximate surface area is 86.3 Å². The van der Waals surface area contributed by atoms with E-state index in [1.165, 1.54) is 37.9 Å². The Balaban J connectivity index is 1.83. The number of unbranched alkanes of at least 4 members (excludes halogenated alkanes) is 1. The van der Waals surface area contributed by atoms with Gasteiger partial charge in [-0.1, -0.05) is 13.3 Å². The zero-order valence-corrected chi connectivity index (χ0v) is 9.00. The summed E-state index contributed by atoms with van der Waals surface area (Å²) in [7, 11) is 0. The Morgan fingerprint density at radius 2 is 2.36 bits per heavy atom. The molecule has 2 rings (SSSR count). The van der Waals surface area contributed by atoms with Gasteiger partial charge in [0.25, 0.3) is 0 Å². The lowest BCUT2D eigenvalue weighted by Crippen LogP contribution is -2.18. The highest BCUT2D eigenvalue weighted by Gasteiger charge is 2.20. The molecule has 14 heavy (non-hydrogen) atoms. The predicted octanol–water partition coefficient (Wildman–Crippen LogP) is 2.54. The summed E-state index contributed by atoms with van der Waals surface area (Å²) in [6.45, 7) is 4.46. The number of nitrogens with one attached hydrogen (secondary N) is 1. The van der Waals surface area contributed by atoms with Crippen LogP contribution in [0.15, 0.2) is 18.3 Å². The van der Waals surface area contributed by atoms with E-state index in [9.17, 15) is 0 Å². The van der Waals surface area contributed by atoms with Crippen molar-refractivity contribution in [2.75, 3.05) is 0 Å². The maximum atomic E-state index is 3.55. The zero-order valence-electron chi connectivity index (χ0n) is 9.00. The van der Waals surface area contributed by atoms with Crippen molar-refractivity contribution in [2.45, 2.75) is 51.7 Å². The topological polar surface area (TPSA) is 17.0 Å². The lowest BCUT2D eigenvalue weighted by atomic mass is 10.3. The molecule has 0 aromatic carbocycles. The molecule has 0 bridgehead atoms. The first-order valence-corrected chi connectivity index (χ1v) is 5.77. The minimum atomic E-state index is 0.810. The van der Waals surface area contributed by atoms with Gasteiger partial charge in [-0.2, -0.15) is 0 Å². The molecule has 1 aromatic heterocycles. The molecule has 2 heteroatoms. The smallest absolute Gasteiger partial charge is 0.0361 e. The average Bonchev–Trinajstić information content (AvgIpc) is 2.92. The van der Waals surface area contributed by atoms with Crippen molar-refractivity contribution in [1.29, 1.82) is 0 Å². The van der Waals surface area contributed by atoms with Crippen LogP contribution in [0.3, 0.4) is 0 Å². The average molecular weight is 192 g/mol. The number of aromatic nitrogens is 1. The van der Waals surface area contributed by atoms with Gasteiger partial charge in [-0.3, -0.25) is 0 Å². The number of rotatable bonds is 6. The summed E-state index contributed by atoms with van der Waals surface area (Å²) in [5, 5.41) is 3.55. The Bertz CT molecular complexity index is 274. The van der Waals surface area contributed by atoms with Gasteiger partial charge in [-0.25, -0.2) is 0 Å². The first-order valence-electron chi connectivity index (χ1n) is 5.77. The van der Waals surface area contributed by atoms with Crippen LogP contribution in [0.5, 0.6) is 0 Å². The van der Waals surface area contributed by atoms with Crippen molar-refractivity contribution in [3.63, 3.8) is 0 Å². The van der Waals surface area contributed by atoms with Crippen molar-refractivity contribution in [2.24, 2.45) is 0 Å². The summed E-state index contributed by atoms with van der Waals surface area (Å²) in [6, 6.07) is 5.19. The largest absolute Gasteiger partial charge is 0.350 e. The second-order valence-electron chi connectivity index (χ2n) is 4.20. The van der Waals surface area contributed by atoms with E-state index in [0.717, 1.165) is 12.6 Å². The lowest BCUT2D eigenvalue weighted by molar-refractivity contribution is 0.580. The molecule has 1 N–H and O–H groups in total. The molecule has 1 saturated carbocycles. The predicted molar refractivity (Wildman–Crippen MR) is 59.2 cm³/mol. The maximum absolute atomic E-state index is 3.55. The Kier molecular flexibility index (Phi) is 3.25. The summed E-state index contributed by atoms with van der Waals surface area (Å²) in [4.78, 5) is 0. The van der Waals surface area contributed by atoms with Gasteiger partial charge in [0.15, 0.2) is 0 Å². The zero-order chi connectivity index (χ0) is 9.80. The Morgan fingerprint density at radius 1 is 1.50 bits per heavy atom.